The van der Waals surface area contributed by atoms with Crippen molar-refractivity contribution >= 4 is 10.8 Å². The van der Waals surface area contributed by atoms with Crippen molar-refractivity contribution in [2.75, 3.05) is 0 Å². The lowest BCUT2D eigenvalue weighted by Crippen LogP contribution is -2.25. The average Bonchev–Trinajstić information content (AvgIpc) is 2.80. The highest BCUT2D eigenvalue weighted by Gasteiger charge is 2.30. The highest BCUT2D eigenvalue weighted by molar-refractivity contribution is 5.84. The Balaban J connectivity index is 1.30. The molecule has 164 valence electrons. The Labute approximate surface area is 181 Å². The van der Waals surface area contributed by atoms with Crippen LogP contribution in [0.4, 0.5) is 8.78 Å². The van der Waals surface area contributed by atoms with Gasteiger partial charge in [-0.3, -0.25) is 0 Å². The Bertz CT molecular complexity index is 839. The number of benzene rings is 2. The molecule has 0 nitrogen and oxygen atoms in total. The molecule has 0 aromatic heterocycles. The van der Waals surface area contributed by atoms with Gasteiger partial charge in [-0.15, -0.1) is 0 Å². The molecule has 2 fully saturated rings. The van der Waals surface area contributed by atoms with Crippen LogP contribution in [0.5, 0.6) is 0 Å². The fourth-order valence-corrected chi connectivity index (χ4v) is 6.23. The van der Waals surface area contributed by atoms with Crippen molar-refractivity contribution < 1.29 is 8.78 Å². The minimum Gasteiger partial charge on any atom is -0.203 e. The summed E-state index contributed by atoms with van der Waals surface area (Å²) in [6, 6.07) is 7.75. The molecule has 2 aromatic rings. The standard InChI is InChI=1S/C28H38F2/c1-3-19-7-12-23(13-8-19)24-14-9-20(10-15-24)5-6-21-11-16-25-18-22(4-2)27(29)28(30)26(25)17-21/h11,16-20,23-24H,3-10,12-15H2,1-2H3. The summed E-state index contributed by atoms with van der Waals surface area (Å²) in [5, 5.41) is 1.25. The second-order valence-electron chi connectivity index (χ2n) is 10.1. The molecule has 30 heavy (non-hydrogen) atoms. The number of hydrogen-bond acceptors (Lipinski definition) is 0. The molecule has 2 saturated carbocycles. The smallest absolute Gasteiger partial charge is 0.166 e. The zero-order valence-electron chi connectivity index (χ0n) is 18.9. The van der Waals surface area contributed by atoms with Crippen molar-refractivity contribution in [1.29, 1.82) is 0 Å². The van der Waals surface area contributed by atoms with E-state index < -0.39 is 11.6 Å². The molecular weight excluding hydrogens is 374 g/mol. The van der Waals surface area contributed by atoms with Gasteiger partial charge in [0.05, 0.1) is 0 Å². The predicted molar refractivity (Wildman–Crippen MR) is 123 cm³/mol. The van der Waals surface area contributed by atoms with E-state index in [1.807, 2.05) is 19.1 Å². The number of rotatable bonds is 6. The van der Waals surface area contributed by atoms with E-state index in [4.69, 9.17) is 0 Å². The van der Waals surface area contributed by atoms with Gasteiger partial charge in [0.1, 0.15) is 0 Å². The second kappa shape index (κ2) is 9.79. The van der Waals surface area contributed by atoms with Crippen LogP contribution in [0.15, 0.2) is 24.3 Å². The quantitative estimate of drug-likeness (QED) is 0.445. The Morgan fingerprint density at radius 1 is 0.767 bits per heavy atom. The van der Waals surface area contributed by atoms with E-state index in [-0.39, 0.29) is 0 Å². The van der Waals surface area contributed by atoms with E-state index in [0.29, 0.717) is 17.4 Å². The Morgan fingerprint density at radius 2 is 1.40 bits per heavy atom. The minimum atomic E-state index is -0.676. The summed E-state index contributed by atoms with van der Waals surface area (Å²) < 4.78 is 28.7. The molecule has 0 N–H and O–H groups in total. The number of hydrogen-bond donors (Lipinski definition) is 0. The highest BCUT2D eigenvalue weighted by atomic mass is 19.2. The lowest BCUT2D eigenvalue weighted by Gasteiger charge is -2.37. The molecule has 4 rings (SSSR count). The zero-order chi connectivity index (χ0) is 21.1. The normalized spacial score (nSPS) is 27.5. The maximum atomic E-state index is 14.5. The van der Waals surface area contributed by atoms with Crippen LogP contribution in [0, 0.1) is 35.3 Å². The van der Waals surface area contributed by atoms with Crippen LogP contribution >= 0.6 is 0 Å². The minimum absolute atomic E-state index is 0.439. The van der Waals surface area contributed by atoms with Crippen LogP contribution in [0.25, 0.3) is 10.8 Å². The van der Waals surface area contributed by atoms with E-state index >= 15 is 0 Å². The average molecular weight is 413 g/mol. The molecule has 0 amide bonds. The number of halogens is 2. The van der Waals surface area contributed by atoms with Crippen molar-refractivity contribution in [2.45, 2.75) is 90.9 Å². The van der Waals surface area contributed by atoms with Crippen LogP contribution in [0.2, 0.25) is 0 Å². The highest BCUT2D eigenvalue weighted by Crippen LogP contribution is 2.42. The SMILES string of the molecule is CCc1cc2ccc(CCC3CCC(C4CCC(CC)CC4)CC3)cc2c(F)c1F. The molecular formula is C28H38F2. The first-order valence-electron chi connectivity index (χ1n) is 12.5. The topological polar surface area (TPSA) is 0 Å². The molecule has 2 heteroatoms. The summed E-state index contributed by atoms with van der Waals surface area (Å²) in [6.45, 7) is 4.21. The second-order valence-corrected chi connectivity index (χ2v) is 10.1. The summed E-state index contributed by atoms with van der Waals surface area (Å²) in [5.41, 5.74) is 1.61. The van der Waals surface area contributed by atoms with Crippen LogP contribution in [0.3, 0.4) is 0 Å². The van der Waals surface area contributed by atoms with Crippen molar-refractivity contribution in [3.8, 4) is 0 Å². The van der Waals surface area contributed by atoms with Gasteiger partial charge in [0, 0.05) is 5.39 Å². The summed E-state index contributed by atoms with van der Waals surface area (Å²) in [7, 11) is 0. The van der Waals surface area contributed by atoms with Gasteiger partial charge >= 0.3 is 0 Å². The van der Waals surface area contributed by atoms with Gasteiger partial charge in [-0.2, -0.15) is 0 Å². The van der Waals surface area contributed by atoms with Gasteiger partial charge in [0.15, 0.2) is 11.6 Å². The molecule has 0 radical (unpaired) electrons. The van der Waals surface area contributed by atoms with Gasteiger partial charge in [0.25, 0.3) is 0 Å². The monoisotopic (exact) mass is 412 g/mol. The molecule has 0 unspecified atom stereocenters. The van der Waals surface area contributed by atoms with Crippen LogP contribution in [0.1, 0.15) is 89.2 Å². The van der Waals surface area contributed by atoms with Gasteiger partial charge in [-0.25, -0.2) is 8.78 Å². The van der Waals surface area contributed by atoms with E-state index in [1.54, 1.807) is 6.07 Å². The fourth-order valence-electron chi connectivity index (χ4n) is 6.23. The molecule has 2 aromatic carbocycles. The van der Waals surface area contributed by atoms with Gasteiger partial charge in [0.2, 0.25) is 0 Å². The molecule has 0 atom stereocenters. The predicted octanol–water partition coefficient (Wildman–Crippen LogP) is 8.64. The number of aryl methyl sites for hydroxylation is 2. The summed E-state index contributed by atoms with van der Waals surface area (Å²) >= 11 is 0. The molecule has 2 aliphatic carbocycles. The maximum Gasteiger partial charge on any atom is 0.166 e. The first-order chi connectivity index (χ1) is 14.6. The third-order valence-electron chi connectivity index (χ3n) is 8.41. The van der Waals surface area contributed by atoms with Crippen LogP contribution in [-0.4, -0.2) is 0 Å². The number of fused-ring (bicyclic) bond motifs is 1. The third kappa shape index (κ3) is 4.73. The zero-order valence-corrected chi connectivity index (χ0v) is 18.9. The molecule has 0 spiro atoms. The van der Waals surface area contributed by atoms with Gasteiger partial charge < -0.3 is 0 Å². The van der Waals surface area contributed by atoms with Crippen LogP contribution < -0.4 is 0 Å². The van der Waals surface area contributed by atoms with E-state index in [2.05, 4.69) is 13.0 Å². The molecule has 0 aliphatic heterocycles. The van der Waals surface area contributed by atoms with E-state index in [9.17, 15) is 8.78 Å². The Morgan fingerprint density at radius 3 is 2.00 bits per heavy atom. The molecule has 0 heterocycles. The summed E-state index contributed by atoms with van der Waals surface area (Å²) in [5.74, 6) is 2.39. The van der Waals surface area contributed by atoms with Crippen molar-refractivity contribution in [2.24, 2.45) is 23.7 Å². The first kappa shape index (κ1) is 21.8. The van der Waals surface area contributed by atoms with Crippen molar-refractivity contribution in [3.05, 3.63) is 47.0 Å². The van der Waals surface area contributed by atoms with E-state index in [0.717, 1.165) is 41.0 Å². The first-order valence-corrected chi connectivity index (χ1v) is 12.5. The summed E-state index contributed by atoms with van der Waals surface area (Å²) in [4.78, 5) is 0. The molecule has 0 saturated heterocycles. The molecule has 0 bridgehead atoms. The lowest BCUT2D eigenvalue weighted by atomic mass is 9.68. The lowest BCUT2D eigenvalue weighted by molar-refractivity contribution is 0.142. The van der Waals surface area contributed by atoms with Gasteiger partial charge in [-0.05, 0) is 97.3 Å². The van der Waals surface area contributed by atoms with E-state index in [1.165, 1.54) is 64.2 Å². The maximum absolute atomic E-state index is 14.5. The van der Waals surface area contributed by atoms with Crippen molar-refractivity contribution in [3.63, 3.8) is 0 Å². The Hall–Kier alpha value is -1.44. The molecule has 2 aliphatic rings. The largest absolute Gasteiger partial charge is 0.203 e. The summed E-state index contributed by atoms with van der Waals surface area (Å²) in [6.07, 6.45) is 15.4. The van der Waals surface area contributed by atoms with Crippen molar-refractivity contribution in [1.82, 2.24) is 0 Å². The van der Waals surface area contributed by atoms with Crippen LogP contribution in [-0.2, 0) is 12.8 Å². The Kier molecular flexibility index (Phi) is 7.11. The third-order valence-corrected chi connectivity index (χ3v) is 8.41. The fraction of sp³-hybridized carbons (Fsp3) is 0.643. The van der Waals surface area contributed by atoms with Gasteiger partial charge in [-0.1, -0.05) is 58.1 Å².